The summed E-state index contributed by atoms with van der Waals surface area (Å²) in [5.41, 5.74) is 1.97. The van der Waals surface area contributed by atoms with Gasteiger partial charge in [-0.15, -0.1) is 22.7 Å². The number of thioether (sulfide) groups is 1. The summed E-state index contributed by atoms with van der Waals surface area (Å²) in [6.45, 7) is 1.84. The highest BCUT2D eigenvalue weighted by Crippen LogP contribution is 2.23. The zero-order valence-corrected chi connectivity index (χ0v) is 21.6. The third kappa shape index (κ3) is 6.95. The largest absolute Gasteiger partial charge is 0.477 e. The lowest BCUT2D eigenvalue weighted by Gasteiger charge is -2.38. The zero-order valence-electron chi connectivity index (χ0n) is 18.3. The number of aliphatic hydroxyl groups is 1. The van der Waals surface area contributed by atoms with Crippen LogP contribution in [0, 0.1) is 11.8 Å². The summed E-state index contributed by atoms with van der Waals surface area (Å²) in [4.78, 5) is 25.9. The molecule has 1 aliphatic heterocycles. The average Bonchev–Trinajstić information content (AvgIpc) is 3.57. The maximum Gasteiger partial charge on any atom is 0.345 e. The number of carbonyl (C=O) groups excluding carboxylic acids is 1. The van der Waals surface area contributed by atoms with Crippen molar-refractivity contribution in [2.45, 2.75) is 25.4 Å². The SMILES string of the molecule is O=C(O)c1ccc(CCN2C(=O)SCCN2CCC(O)Cc2cc(C#Cc3ccsc3)cs2)s1. The summed E-state index contributed by atoms with van der Waals surface area (Å²) in [7, 11) is 0. The number of amides is 1. The summed E-state index contributed by atoms with van der Waals surface area (Å²) < 4.78 is 0. The molecule has 0 radical (unpaired) electrons. The van der Waals surface area contributed by atoms with Crippen LogP contribution in [0.1, 0.15) is 37.0 Å². The number of hydrazine groups is 1. The van der Waals surface area contributed by atoms with Crippen LogP contribution in [0.5, 0.6) is 0 Å². The van der Waals surface area contributed by atoms with Gasteiger partial charge in [-0.25, -0.2) is 9.80 Å². The van der Waals surface area contributed by atoms with Gasteiger partial charge in [-0.1, -0.05) is 23.6 Å². The van der Waals surface area contributed by atoms with Gasteiger partial charge in [-0.3, -0.25) is 9.80 Å². The average molecular weight is 533 g/mol. The Morgan fingerprint density at radius 1 is 1.12 bits per heavy atom. The van der Waals surface area contributed by atoms with Crippen molar-refractivity contribution in [3.05, 3.63) is 66.2 Å². The minimum atomic E-state index is -0.927. The van der Waals surface area contributed by atoms with Crippen LogP contribution >= 0.6 is 45.8 Å². The molecule has 0 aromatic carbocycles. The number of aromatic carboxylic acids is 1. The lowest BCUT2D eigenvalue weighted by molar-refractivity contribution is 0.0149. The molecule has 3 aromatic heterocycles. The lowest BCUT2D eigenvalue weighted by atomic mass is 10.1. The Balaban J connectivity index is 1.27. The van der Waals surface area contributed by atoms with Crippen LogP contribution in [-0.2, 0) is 12.8 Å². The standard InChI is InChI=1S/C24H24N2O4S4/c27-19(14-21-13-18(16-33-21)2-1-17-7-11-31-15-17)5-8-25-10-12-32-24(30)26(25)9-6-20-3-4-22(34-20)23(28)29/h3-4,7,11,13,15-16,19,27H,5-6,8-10,12,14H2,(H,28,29). The van der Waals surface area contributed by atoms with Crippen molar-refractivity contribution in [1.29, 1.82) is 0 Å². The first-order valence-electron chi connectivity index (χ1n) is 10.8. The first-order chi connectivity index (χ1) is 16.5. The number of aliphatic hydroxyl groups excluding tert-OH is 1. The van der Waals surface area contributed by atoms with Gasteiger partial charge in [0.2, 0.25) is 0 Å². The Morgan fingerprint density at radius 3 is 2.74 bits per heavy atom. The molecule has 1 unspecified atom stereocenters. The fourth-order valence-electron chi connectivity index (χ4n) is 3.52. The second kappa shape index (κ2) is 12.0. The Kier molecular flexibility index (Phi) is 8.83. The van der Waals surface area contributed by atoms with Crippen molar-refractivity contribution in [3.63, 3.8) is 0 Å². The van der Waals surface area contributed by atoms with Crippen LogP contribution in [0.25, 0.3) is 0 Å². The molecule has 34 heavy (non-hydrogen) atoms. The Labute approximate surface area is 214 Å². The Hall–Kier alpha value is -2.13. The van der Waals surface area contributed by atoms with Crippen LogP contribution in [0.4, 0.5) is 4.79 Å². The smallest absolute Gasteiger partial charge is 0.345 e. The molecule has 1 atom stereocenters. The molecule has 6 nitrogen and oxygen atoms in total. The molecule has 1 fully saturated rings. The summed E-state index contributed by atoms with van der Waals surface area (Å²) in [6, 6.07) is 7.44. The van der Waals surface area contributed by atoms with E-state index in [0.717, 1.165) is 33.2 Å². The predicted molar refractivity (Wildman–Crippen MR) is 140 cm³/mol. The normalized spacial score (nSPS) is 15.2. The number of thiophene rings is 3. The molecular formula is C24H24N2O4S4. The predicted octanol–water partition coefficient (Wildman–Crippen LogP) is 4.89. The van der Waals surface area contributed by atoms with E-state index >= 15 is 0 Å². The van der Waals surface area contributed by atoms with E-state index in [1.54, 1.807) is 33.7 Å². The van der Waals surface area contributed by atoms with Crippen LogP contribution in [-0.4, -0.2) is 62.9 Å². The van der Waals surface area contributed by atoms with Crippen molar-refractivity contribution in [3.8, 4) is 11.8 Å². The van der Waals surface area contributed by atoms with Gasteiger partial charge in [0.15, 0.2) is 0 Å². The minimum absolute atomic E-state index is 0.00264. The molecule has 0 saturated carbocycles. The molecule has 3 aromatic rings. The molecular weight excluding hydrogens is 509 g/mol. The van der Waals surface area contributed by atoms with Crippen LogP contribution in [0.15, 0.2) is 40.4 Å². The topological polar surface area (TPSA) is 81.1 Å². The van der Waals surface area contributed by atoms with E-state index < -0.39 is 12.1 Å². The number of carboxylic acid groups (broad SMARTS) is 1. The van der Waals surface area contributed by atoms with Gasteiger partial charge in [0.05, 0.1) is 6.10 Å². The molecule has 4 rings (SSSR count). The molecule has 0 spiro atoms. The highest BCUT2D eigenvalue weighted by atomic mass is 32.2. The van der Waals surface area contributed by atoms with Gasteiger partial charge < -0.3 is 10.2 Å². The van der Waals surface area contributed by atoms with Gasteiger partial charge in [0.25, 0.3) is 5.24 Å². The summed E-state index contributed by atoms with van der Waals surface area (Å²) in [6.07, 6.45) is 1.23. The number of hydrogen-bond donors (Lipinski definition) is 2. The van der Waals surface area contributed by atoms with E-state index in [0.29, 0.717) is 37.2 Å². The minimum Gasteiger partial charge on any atom is -0.477 e. The van der Waals surface area contributed by atoms with E-state index in [1.165, 1.54) is 23.1 Å². The van der Waals surface area contributed by atoms with Crippen LogP contribution in [0.2, 0.25) is 0 Å². The molecule has 1 aliphatic rings. The number of carboxylic acids is 1. The monoisotopic (exact) mass is 532 g/mol. The second-order valence-corrected chi connectivity index (χ2v) is 11.7. The lowest BCUT2D eigenvalue weighted by Crippen LogP contribution is -2.51. The molecule has 10 heteroatoms. The van der Waals surface area contributed by atoms with Crippen LogP contribution in [0.3, 0.4) is 0 Å². The Bertz CT molecular complexity index is 1180. The summed E-state index contributed by atoms with van der Waals surface area (Å²) >= 11 is 5.78. The number of carbonyl (C=O) groups is 2. The third-order valence-electron chi connectivity index (χ3n) is 5.25. The molecule has 178 valence electrons. The highest BCUT2D eigenvalue weighted by molar-refractivity contribution is 8.13. The van der Waals surface area contributed by atoms with E-state index in [9.17, 15) is 14.7 Å². The van der Waals surface area contributed by atoms with E-state index in [2.05, 4.69) is 11.8 Å². The van der Waals surface area contributed by atoms with E-state index in [-0.39, 0.29) is 5.24 Å². The van der Waals surface area contributed by atoms with Crippen molar-refractivity contribution in [2.75, 3.05) is 25.4 Å². The quantitative estimate of drug-likeness (QED) is 0.382. The zero-order chi connectivity index (χ0) is 23.9. The third-order valence-corrected chi connectivity index (χ3v) is 8.87. The van der Waals surface area contributed by atoms with Gasteiger partial charge in [-0.2, -0.15) is 11.3 Å². The summed E-state index contributed by atoms with van der Waals surface area (Å²) in [5, 5.41) is 29.5. The molecule has 0 bridgehead atoms. The number of nitrogens with zero attached hydrogens (tertiary/aromatic N) is 2. The van der Waals surface area contributed by atoms with Crippen LogP contribution < -0.4 is 0 Å². The maximum absolute atomic E-state index is 12.5. The Morgan fingerprint density at radius 2 is 1.97 bits per heavy atom. The molecule has 1 saturated heterocycles. The van der Waals surface area contributed by atoms with Crippen molar-refractivity contribution >= 4 is 57.0 Å². The first-order valence-corrected chi connectivity index (χ1v) is 14.4. The van der Waals surface area contributed by atoms with E-state index in [1.807, 2.05) is 39.3 Å². The molecule has 0 aliphatic carbocycles. The fourth-order valence-corrected chi connectivity index (χ4v) is 6.67. The number of rotatable bonds is 9. The van der Waals surface area contributed by atoms with Gasteiger partial charge >= 0.3 is 5.97 Å². The van der Waals surface area contributed by atoms with Crippen molar-refractivity contribution in [1.82, 2.24) is 10.0 Å². The van der Waals surface area contributed by atoms with Gasteiger partial charge in [0, 0.05) is 69.9 Å². The molecule has 1 amide bonds. The molecule has 2 N–H and O–H groups in total. The van der Waals surface area contributed by atoms with Gasteiger partial charge in [-0.05, 0) is 36.1 Å². The van der Waals surface area contributed by atoms with Gasteiger partial charge in [0.1, 0.15) is 4.88 Å². The maximum atomic E-state index is 12.5. The van der Waals surface area contributed by atoms with Crippen molar-refractivity contribution < 1.29 is 19.8 Å². The summed E-state index contributed by atoms with van der Waals surface area (Å²) in [5.74, 6) is 6.11. The molecule has 4 heterocycles. The second-order valence-electron chi connectivity index (χ2n) is 7.72. The van der Waals surface area contributed by atoms with Crippen molar-refractivity contribution in [2.24, 2.45) is 0 Å². The van der Waals surface area contributed by atoms with E-state index in [4.69, 9.17) is 5.11 Å². The first kappa shape index (κ1) is 25.0. The highest BCUT2D eigenvalue weighted by Gasteiger charge is 2.27. The fraction of sp³-hybridized carbons (Fsp3) is 0.333. The number of hydrogen-bond acceptors (Lipinski definition) is 8.